The first-order valence-corrected chi connectivity index (χ1v) is 8.82. The van der Waals surface area contributed by atoms with Gasteiger partial charge in [0, 0.05) is 12.6 Å². The number of hydrogen-bond acceptors (Lipinski definition) is 4. The molecule has 2 aromatic rings. The zero-order valence-electron chi connectivity index (χ0n) is 14.9. The van der Waals surface area contributed by atoms with Crippen molar-refractivity contribution >= 4 is 40.7 Å². The topological polar surface area (TPSA) is 81.8 Å². The molecule has 1 heterocycles. The van der Waals surface area contributed by atoms with Crippen molar-refractivity contribution < 1.29 is 18.8 Å². The minimum Gasteiger partial charge on any atom is -0.359 e. The van der Waals surface area contributed by atoms with E-state index in [0.29, 0.717) is 11.3 Å². The first kappa shape index (κ1) is 19.4. The van der Waals surface area contributed by atoms with Crippen molar-refractivity contribution in [1.82, 2.24) is 15.8 Å². The Labute approximate surface area is 166 Å². The van der Waals surface area contributed by atoms with Gasteiger partial charge in [0.25, 0.3) is 11.8 Å². The van der Waals surface area contributed by atoms with E-state index in [9.17, 15) is 18.8 Å². The quantitative estimate of drug-likeness (QED) is 0.746. The molecule has 1 aliphatic rings. The molecule has 1 unspecified atom stereocenters. The SMILES string of the molecule is CNC(=O)CC1C(=O)N(c2ccc(F)cc2)C(=S)N1NC(=O)c1ccccc1. The third-order valence-electron chi connectivity index (χ3n) is 4.21. The summed E-state index contributed by atoms with van der Waals surface area (Å²) >= 11 is 5.38. The van der Waals surface area contributed by atoms with Crippen LogP contribution in [-0.2, 0) is 9.59 Å². The van der Waals surface area contributed by atoms with E-state index in [2.05, 4.69) is 10.7 Å². The van der Waals surface area contributed by atoms with E-state index in [1.54, 1.807) is 30.3 Å². The molecule has 1 saturated heterocycles. The fourth-order valence-electron chi connectivity index (χ4n) is 2.77. The van der Waals surface area contributed by atoms with Gasteiger partial charge < -0.3 is 5.32 Å². The number of amides is 3. The molecule has 3 rings (SSSR count). The molecule has 0 radical (unpaired) electrons. The van der Waals surface area contributed by atoms with E-state index in [4.69, 9.17) is 12.2 Å². The fourth-order valence-corrected chi connectivity index (χ4v) is 3.14. The first-order valence-electron chi connectivity index (χ1n) is 8.41. The third-order valence-corrected chi connectivity index (χ3v) is 4.59. The standard InChI is InChI=1S/C19H17FN4O3S/c1-21-16(25)11-15-18(27)23(14-9-7-13(20)8-10-14)19(28)24(15)22-17(26)12-5-3-2-4-6-12/h2-10,15H,11H2,1H3,(H,21,25)(H,22,26). The molecule has 7 nitrogen and oxygen atoms in total. The smallest absolute Gasteiger partial charge is 0.269 e. The van der Waals surface area contributed by atoms with Crippen molar-refractivity contribution in [3.05, 3.63) is 66.0 Å². The van der Waals surface area contributed by atoms with Crippen molar-refractivity contribution in [1.29, 1.82) is 0 Å². The lowest BCUT2D eigenvalue weighted by Crippen LogP contribution is -2.50. The summed E-state index contributed by atoms with van der Waals surface area (Å²) in [6.45, 7) is 0. The summed E-state index contributed by atoms with van der Waals surface area (Å²) in [5, 5.41) is 3.65. The summed E-state index contributed by atoms with van der Waals surface area (Å²) in [5.41, 5.74) is 3.32. The summed E-state index contributed by atoms with van der Waals surface area (Å²) in [6, 6.07) is 12.6. The van der Waals surface area contributed by atoms with E-state index in [0.717, 1.165) is 0 Å². The molecule has 1 aliphatic heterocycles. The maximum atomic E-state index is 13.2. The Kier molecular flexibility index (Phi) is 5.65. The maximum Gasteiger partial charge on any atom is 0.269 e. The molecule has 0 spiro atoms. The van der Waals surface area contributed by atoms with Gasteiger partial charge in [0.15, 0.2) is 0 Å². The van der Waals surface area contributed by atoms with Crippen LogP contribution in [0.25, 0.3) is 0 Å². The van der Waals surface area contributed by atoms with Crippen molar-refractivity contribution in [2.24, 2.45) is 0 Å². The monoisotopic (exact) mass is 400 g/mol. The number of nitrogens with one attached hydrogen (secondary N) is 2. The number of anilines is 1. The maximum absolute atomic E-state index is 13.2. The Bertz CT molecular complexity index is 921. The molecule has 2 aromatic carbocycles. The predicted octanol–water partition coefficient (Wildman–Crippen LogP) is 1.61. The van der Waals surface area contributed by atoms with Crippen molar-refractivity contribution in [2.45, 2.75) is 12.5 Å². The predicted molar refractivity (Wildman–Crippen MR) is 105 cm³/mol. The Morgan fingerprint density at radius 2 is 1.75 bits per heavy atom. The second-order valence-corrected chi connectivity index (χ2v) is 6.37. The lowest BCUT2D eigenvalue weighted by atomic mass is 10.2. The Hall–Kier alpha value is -3.33. The number of rotatable bonds is 5. The van der Waals surface area contributed by atoms with Gasteiger partial charge in [-0.05, 0) is 48.6 Å². The fraction of sp³-hybridized carbons (Fsp3) is 0.158. The minimum atomic E-state index is -1.02. The average molecular weight is 400 g/mol. The molecule has 0 bridgehead atoms. The highest BCUT2D eigenvalue weighted by Gasteiger charge is 2.45. The summed E-state index contributed by atoms with van der Waals surface area (Å²) in [4.78, 5) is 38.6. The largest absolute Gasteiger partial charge is 0.359 e. The summed E-state index contributed by atoms with van der Waals surface area (Å²) in [6.07, 6.45) is -0.206. The molecule has 28 heavy (non-hydrogen) atoms. The van der Waals surface area contributed by atoms with E-state index in [1.807, 2.05) is 0 Å². The van der Waals surface area contributed by atoms with Crippen LogP contribution in [0.5, 0.6) is 0 Å². The molecule has 0 saturated carbocycles. The van der Waals surface area contributed by atoms with Crippen LogP contribution in [-0.4, -0.2) is 40.9 Å². The van der Waals surface area contributed by atoms with Crippen LogP contribution in [0.15, 0.2) is 54.6 Å². The molecule has 9 heteroatoms. The second kappa shape index (κ2) is 8.13. The highest BCUT2D eigenvalue weighted by atomic mass is 32.1. The zero-order chi connectivity index (χ0) is 20.3. The highest BCUT2D eigenvalue weighted by molar-refractivity contribution is 7.80. The third kappa shape index (κ3) is 3.84. The molecule has 3 amide bonds. The summed E-state index contributed by atoms with van der Waals surface area (Å²) < 4.78 is 13.2. The molecule has 0 aromatic heterocycles. The Balaban J connectivity index is 1.91. The lowest BCUT2D eigenvalue weighted by molar-refractivity contribution is -0.127. The highest BCUT2D eigenvalue weighted by Crippen LogP contribution is 2.26. The Morgan fingerprint density at radius 1 is 1.11 bits per heavy atom. The van der Waals surface area contributed by atoms with E-state index in [1.165, 1.54) is 41.2 Å². The van der Waals surface area contributed by atoms with Crippen LogP contribution in [0.4, 0.5) is 10.1 Å². The second-order valence-electron chi connectivity index (χ2n) is 6.00. The Morgan fingerprint density at radius 3 is 2.36 bits per heavy atom. The lowest BCUT2D eigenvalue weighted by Gasteiger charge is -2.24. The molecule has 1 fully saturated rings. The van der Waals surface area contributed by atoms with Gasteiger partial charge in [-0.15, -0.1) is 0 Å². The van der Waals surface area contributed by atoms with Crippen LogP contribution in [0.3, 0.4) is 0 Å². The van der Waals surface area contributed by atoms with E-state index in [-0.39, 0.29) is 17.4 Å². The number of hydrazine groups is 1. The number of nitrogens with zero attached hydrogens (tertiary/aromatic N) is 2. The molecule has 2 N–H and O–H groups in total. The van der Waals surface area contributed by atoms with Crippen molar-refractivity contribution in [3.63, 3.8) is 0 Å². The molecule has 1 atom stereocenters. The first-order chi connectivity index (χ1) is 13.4. The number of benzene rings is 2. The van der Waals surface area contributed by atoms with Crippen LogP contribution in [0.1, 0.15) is 16.8 Å². The number of thiocarbonyl (C=S) groups is 1. The normalized spacial score (nSPS) is 16.3. The molecular weight excluding hydrogens is 383 g/mol. The van der Waals surface area contributed by atoms with E-state index >= 15 is 0 Å². The van der Waals surface area contributed by atoms with Gasteiger partial charge in [-0.25, -0.2) is 9.40 Å². The number of hydrogen-bond donors (Lipinski definition) is 2. The van der Waals surface area contributed by atoms with Crippen LogP contribution in [0, 0.1) is 5.82 Å². The van der Waals surface area contributed by atoms with Gasteiger partial charge in [0.05, 0.1) is 12.1 Å². The number of halogens is 1. The van der Waals surface area contributed by atoms with Crippen LogP contribution in [0.2, 0.25) is 0 Å². The van der Waals surface area contributed by atoms with Crippen molar-refractivity contribution in [3.8, 4) is 0 Å². The van der Waals surface area contributed by atoms with Gasteiger partial charge in [-0.2, -0.15) is 0 Å². The van der Waals surface area contributed by atoms with Gasteiger partial charge in [0.1, 0.15) is 11.9 Å². The molecular formula is C19H17FN4O3S. The van der Waals surface area contributed by atoms with Gasteiger partial charge >= 0.3 is 0 Å². The zero-order valence-corrected chi connectivity index (χ0v) is 15.7. The van der Waals surface area contributed by atoms with Crippen molar-refractivity contribution in [2.75, 3.05) is 11.9 Å². The molecule has 144 valence electrons. The summed E-state index contributed by atoms with van der Waals surface area (Å²) in [5.74, 6) is -1.81. The number of carbonyl (C=O) groups is 3. The number of carbonyl (C=O) groups excluding carboxylic acids is 3. The van der Waals surface area contributed by atoms with Gasteiger partial charge in [0.2, 0.25) is 11.0 Å². The molecule has 0 aliphatic carbocycles. The summed E-state index contributed by atoms with van der Waals surface area (Å²) in [7, 11) is 1.45. The van der Waals surface area contributed by atoms with Gasteiger partial charge in [-0.1, -0.05) is 18.2 Å². The van der Waals surface area contributed by atoms with Crippen LogP contribution >= 0.6 is 12.2 Å². The average Bonchev–Trinajstić information content (AvgIpc) is 2.93. The van der Waals surface area contributed by atoms with Gasteiger partial charge in [-0.3, -0.25) is 24.7 Å². The van der Waals surface area contributed by atoms with Crippen LogP contribution < -0.4 is 15.6 Å². The minimum absolute atomic E-state index is 0.00482. The van der Waals surface area contributed by atoms with E-state index < -0.39 is 23.7 Å².